The number of benzene rings is 1. The molecule has 3 N–H and O–H groups in total. The lowest BCUT2D eigenvalue weighted by atomic mass is 10.2. The molecule has 6 nitrogen and oxygen atoms in total. The van der Waals surface area contributed by atoms with Crippen LogP contribution in [0.3, 0.4) is 0 Å². The minimum Gasteiger partial charge on any atom is -0.393 e. The lowest BCUT2D eigenvalue weighted by Crippen LogP contribution is -1.99. The Kier molecular flexibility index (Phi) is 3.15. The monoisotopic (exact) mass is 216 g/mol. The van der Waals surface area contributed by atoms with Gasteiger partial charge in [0.15, 0.2) is 11.1 Å². The second kappa shape index (κ2) is 4.16. The second-order valence-electron chi connectivity index (χ2n) is 2.62. The Balaban J connectivity index is 3.06. The zero-order valence-corrected chi connectivity index (χ0v) is 7.86. The summed E-state index contributed by atoms with van der Waals surface area (Å²) in [5.41, 5.74) is 5.55. The van der Waals surface area contributed by atoms with Gasteiger partial charge in [-0.05, 0) is 11.6 Å². The van der Waals surface area contributed by atoms with Crippen molar-refractivity contribution in [1.82, 2.24) is 0 Å². The molecule has 0 fully saturated rings. The third-order valence-corrected chi connectivity index (χ3v) is 2.16. The molecule has 0 heterocycles. The number of hydrogen-bond donors (Lipinski definition) is 2. The van der Waals surface area contributed by atoms with E-state index >= 15 is 0 Å². The van der Waals surface area contributed by atoms with Crippen molar-refractivity contribution in [3.63, 3.8) is 0 Å². The van der Waals surface area contributed by atoms with Crippen molar-refractivity contribution in [3.8, 4) is 0 Å². The zero-order valence-electron chi connectivity index (χ0n) is 7.04. The smallest absolute Gasteiger partial charge is 0.292 e. The average molecular weight is 216 g/mol. The van der Waals surface area contributed by atoms with E-state index in [9.17, 15) is 14.3 Å². The molecular formula is C7H8N2O4S. The fraction of sp³-hybridized carbons (Fsp3) is 0.143. The third kappa shape index (κ3) is 2.51. The van der Waals surface area contributed by atoms with Gasteiger partial charge >= 0.3 is 0 Å². The number of rotatable bonds is 3. The fourth-order valence-electron chi connectivity index (χ4n) is 0.980. The number of nitro benzene ring substituents is 1. The Labute approximate surface area is 82.2 Å². The van der Waals surface area contributed by atoms with Gasteiger partial charge in [-0.1, -0.05) is 6.07 Å². The van der Waals surface area contributed by atoms with Crippen molar-refractivity contribution in [2.24, 2.45) is 0 Å². The highest BCUT2D eigenvalue weighted by molar-refractivity contribution is 7.78. The van der Waals surface area contributed by atoms with Gasteiger partial charge in [0.25, 0.3) is 5.69 Å². The summed E-state index contributed by atoms with van der Waals surface area (Å²) >= 11 is -2.01. The summed E-state index contributed by atoms with van der Waals surface area (Å²) in [5, 5.41) is 10.4. The lowest BCUT2D eigenvalue weighted by molar-refractivity contribution is -0.383. The molecule has 1 unspecified atom stereocenters. The molecule has 76 valence electrons. The number of hydrogen-bond acceptors (Lipinski definition) is 4. The maximum atomic E-state index is 10.4. The Morgan fingerprint density at radius 3 is 2.71 bits per heavy atom. The van der Waals surface area contributed by atoms with Crippen LogP contribution in [0.4, 0.5) is 11.4 Å². The van der Waals surface area contributed by atoms with E-state index < -0.39 is 16.0 Å². The normalized spacial score (nSPS) is 12.4. The van der Waals surface area contributed by atoms with Gasteiger partial charge in [0, 0.05) is 6.07 Å². The van der Waals surface area contributed by atoms with Crippen molar-refractivity contribution in [3.05, 3.63) is 33.9 Å². The fourth-order valence-corrected chi connectivity index (χ4v) is 1.44. The summed E-state index contributed by atoms with van der Waals surface area (Å²) in [7, 11) is 0. The standard InChI is InChI=1S/C7H8N2O4S/c8-6-2-1-5(4-14(12)13)3-7(6)9(10)11/h1-3H,4,8H2,(H,12,13). The van der Waals surface area contributed by atoms with Gasteiger partial charge in [-0.2, -0.15) is 0 Å². The molecule has 14 heavy (non-hydrogen) atoms. The molecule has 1 atom stereocenters. The summed E-state index contributed by atoms with van der Waals surface area (Å²) in [5.74, 6) is -0.138. The summed E-state index contributed by atoms with van der Waals surface area (Å²) in [6.07, 6.45) is 0. The molecule has 1 aromatic rings. The first kappa shape index (κ1) is 10.6. The van der Waals surface area contributed by atoms with E-state index in [2.05, 4.69) is 0 Å². The van der Waals surface area contributed by atoms with Gasteiger partial charge in [-0.15, -0.1) is 0 Å². The number of nitro groups is 1. The van der Waals surface area contributed by atoms with Crippen LogP contribution in [0.5, 0.6) is 0 Å². The molecular weight excluding hydrogens is 208 g/mol. The van der Waals surface area contributed by atoms with E-state index in [0.717, 1.165) is 0 Å². The third-order valence-electron chi connectivity index (χ3n) is 1.58. The topological polar surface area (TPSA) is 106 Å². The van der Waals surface area contributed by atoms with Crippen LogP contribution in [0.15, 0.2) is 18.2 Å². The Morgan fingerprint density at radius 2 is 2.21 bits per heavy atom. The lowest BCUT2D eigenvalue weighted by Gasteiger charge is -2.00. The quantitative estimate of drug-likeness (QED) is 0.338. The minimum atomic E-state index is -2.01. The van der Waals surface area contributed by atoms with Crippen molar-refractivity contribution >= 4 is 22.5 Å². The Bertz CT molecular complexity index is 393. The predicted octanol–water partition coefficient (Wildman–Crippen LogP) is 0.899. The van der Waals surface area contributed by atoms with Crippen molar-refractivity contribution in [1.29, 1.82) is 0 Å². The van der Waals surface area contributed by atoms with E-state index in [-0.39, 0.29) is 17.1 Å². The molecule has 0 amide bonds. The van der Waals surface area contributed by atoms with Crippen LogP contribution in [0.2, 0.25) is 0 Å². The number of nitrogens with two attached hydrogens (primary N) is 1. The van der Waals surface area contributed by atoms with E-state index in [1.165, 1.54) is 18.2 Å². The zero-order chi connectivity index (χ0) is 10.7. The van der Waals surface area contributed by atoms with E-state index in [0.29, 0.717) is 5.56 Å². The van der Waals surface area contributed by atoms with Crippen molar-refractivity contribution in [2.45, 2.75) is 5.75 Å². The van der Waals surface area contributed by atoms with Crippen LogP contribution in [0.25, 0.3) is 0 Å². The number of anilines is 1. The van der Waals surface area contributed by atoms with Crippen LogP contribution in [-0.2, 0) is 16.8 Å². The molecule has 7 heteroatoms. The summed E-state index contributed by atoms with van der Waals surface area (Å²) in [4.78, 5) is 9.82. The minimum absolute atomic E-state index is 0.0440. The van der Waals surface area contributed by atoms with Crippen LogP contribution < -0.4 is 5.73 Å². The summed E-state index contributed by atoms with van der Waals surface area (Å²) in [6.45, 7) is 0. The first-order valence-electron chi connectivity index (χ1n) is 3.61. The Hall–Kier alpha value is -1.47. The molecule has 0 saturated carbocycles. The average Bonchev–Trinajstić information content (AvgIpc) is 2.07. The predicted molar refractivity (Wildman–Crippen MR) is 52.0 cm³/mol. The molecule has 0 aliphatic carbocycles. The molecule has 1 rings (SSSR count). The first-order valence-corrected chi connectivity index (χ1v) is 4.88. The van der Waals surface area contributed by atoms with E-state index in [4.69, 9.17) is 10.3 Å². The molecule has 0 saturated heterocycles. The summed E-state index contributed by atoms with van der Waals surface area (Å²) < 4.78 is 19.0. The van der Waals surface area contributed by atoms with Crippen LogP contribution in [0.1, 0.15) is 5.56 Å². The van der Waals surface area contributed by atoms with Crippen LogP contribution in [-0.4, -0.2) is 13.7 Å². The SMILES string of the molecule is Nc1ccc(CS(=O)O)cc1[N+](=O)[O-]. The number of nitrogens with zero attached hydrogens (tertiary/aromatic N) is 1. The van der Waals surface area contributed by atoms with Gasteiger partial charge in [-0.3, -0.25) is 10.1 Å². The van der Waals surface area contributed by atoms with E-state index in [1.54, 1.807) is 0 Å². The maximum absolute atomic E-state index is 10.4. The molecule has 0 spiro atoms. The molecule has 0 bridgehead atoms. The first-order chi connectivity index (χ1) is 6.50. The second-order valence-corrected chi connectivity index (χ2v) is 3.55. The van der Waals surface area contributed by atoms with Gasteiger partial charge in [-0.25, -0.2) is 4.21 Å². The van der Waals surface area contributed by atoms with E-state index in [1.807, 2.05) is 0 Å². The number of nitrogen functional groups attached to an aromatic ring is 1. The van der Waals surface area contributed by atoms with Crippen LogP contribution >= 0.6 is 0 Å². The molecule has 0 aromatic heterocycles. The van der Waals surface area contributed by atoms with Crippen molar-refractivity contribution < 1.29 is 13.7 Å². The van der Waals surface area contributed by atoms with Gasteiger partial charge < -0.3 is 10.3 Å². The largest absolute Gasteiger partial charge is 0.393 e. The van der Waals surface area contributed by atoms with Gasteiger partial charge in [0.2, 0.25) is 0 Å². The van der Waals surface area contributed by atoms with Gasteiger partial charge in [0.1, 0.15) is 5.69 Å². The van der Waals surface area contributed by atoms with Crippen LogP contribution in [0, 0.1) is 10.1 Å². The van der Waals surface area contributed by atoms with Gasteiger partial charge in [0.05, 0.1) is 10.7 Å². The molecule has 1 aromatic carbocycles. The highest BCUT2D eigenvalue weighted by atomic mass is 32.2. The molecule has 0 aliphatic heterocycles. The van der Waals surface area contributed by atoms with Crippen molar-refractivity contribution in [2.75, 3.05) is 5.73 Å². The maximum Gasteiger partial charge on any atom is 0.292 e. The highest BCUT2D eigenvalue weighted by Crippen LogP contribution is 2.22. The molecule has 0 radical (unpaired) electrons. The highest BCUT2D eigenvalue weighted by Gasteiger charge is 2.12. The molecule has 0 aliphatic rings. The Morgan fingerprint density at radius 1 is 1.57 bits per heavy atom. The summed E-state index contributed by atoms with van der Waals surface area (Å²) in [6, 6.07) is 4.03.